The van der Waals surface area contributed by atoms with Crippen LogP contribution in [0.5, 0.6) is 23.0 Å². The largest absolute Gasteiger partial charge is 0.454 e. The van der Waals surface area contributed by atoms with Gasteiger partial charge < -0.3 is 28.8 Å². The Hall–Kier alpha value is -2.44. The maximum atomic E-state index is 10.3. The Morgan fingerprint density at radius 3 is 2.00 bits per heavy atom. The molecule has 3 atom stereocenters. The molecule has 0 unspecified atom stereocenters. The summed E-state index contributed by atoms with van der Waals surface area (Å²) in [5.74, 6) is 3.37. The number of ether oxygens (including phenoxy) is 5. The Morgan fingerprint density at radius 1 is 0.769 bits per heavy atom. The monoisotopic (exact) mass is 356 g/mol. The van der Waals surface area contributed by atoms with Crippen LogP contribution < -0.4 is 18.9 Å². The summed E-state index contributed by atoms with van der Waals surface area (Å²) in [5, 5.41) is 10.3. The molecule has 6 heteroatoms. The van der Waals surface area contributed by atoms with Crippen molar-refractivity contribution in [3.05, 3.63) is 47.5 Å². The minimum absolute atomic E-state index is 0.0285. The number of hydrogen-bond acceptors (Lipinski definition) is 6. The second-order valence-electron chi connectivity index (χ2n) is 6.93. The quantitative estimate of drug-likeness (QED) is 0.908. The first-order valence-electron chi connectivity index (χ1n) is 8.83. The molecule has 1 saturated heterocycles. The molecule has 3 aliphatic rings. The molecule has 0 spiro atoms. The maximum absolute atomic E-state index is 10.3. The van der Waals surface area contributed by atoms with Gasteiger partial charge in [-0.05, 0) is 54.2 Å². The minimum atomic E-state index is -0.751. The standard InChI is InChI=1S/C20H20O6/c21-20-15(6-13-2-4-17-19(8-13)26-11-24-17)14(9-22-20)5-12-1-3-16-18(7-12)25-10-23-16/h1-4,7-8,14-15,20-21H,5-6,9-11H2/t14-,15+,20-/m1/s1. The molecule has 2 aromatic carbocycles. The summed E-state index contributed by atoms with van der Waals surface area (Å²) < 4.78 is 27.2. The Kier molecular flexibility index (Phi) is 3.87. The van der Waals surface area contributed by atoms with E-state index in [-0.39, 0.29) is 25.4 Å². The van der Waals surface area contributed by atoms with Gasteiger partial charge in [-0.2, -0.15) is 0 Å². The van der Waals surface area contributed by atoms with Crippen LogP contribution in [-0.2, 0) is 17.6 Å². The van der Waals surface area contributed by atoms with E-state index in [0.717, 1.165) is 47.0 Å². The summed E-state index contributed by atoms with van der Waals surface area (Å²) in [5.41, 5.74) is 2.27. The predicted molar refractivity (Wildman–Crippen MR) is 91.5 cm³/mol. The summed E-state index contributed by atoms with van der Waals surface area (Å²) >= 11 is 0. The molecule has 6 nitrogen and oxygen atoms in total. The number of fused-ring (bicyclic) bond motifs is 2. The molecule has 0 amide bonds. The van der Waals surface area contributed by atoms with Crippen molar-refractivity contribution in [2.75, 3.05) is 20.2 Å². The summed E-state index contributed by atoms with van der Waals surface area (Å²) in [7, 11) is 0. The Labute approximate surface area is 151 Å². The molecule has 0 saturated carbocycles. The smallest absolute Gasteiger partial charge is 0.231 e. The van der Waals surface area contributed by atoms with E-state index in [1.54, 1.807) is 0 Å². The average Bonchev–Trinajstić information content (AvgIpc) is 3.37. The second kappa shape index (κ2) is 6.37. The maximum Gasteiger partial charge on any atom is 0.231 e. The third-order valence-electron chi connectivity index (χ3n) is 5.30. The van der Waals surface area contributed by atoms with Crippen LogP contribution in [0.4, 0.5) is 0 Å². The highest BCUT2D eigenvalue weighted by Crippen LogP contribution is 2.38. The first-order chi connectivity index (χ1) is 12.8. The van der Waals surface area contributed by atoms with Crippen molar-refractivity contribution in [3.8, 4) is 23.0 Å². The predicted octanol–water partition coefficient (Wildman–Crippen LogP) is 2.51. The lowest BCUT2D eigenvalue weighted by Gasteiger charge is -2.20. The van der Waals surface area contributed by atoms with Gasteiger partial charge in [0, 0.05) is 5.92 Å². The van der Waals surface area contributed by atoms with E-state index in [1.807, 2.05) is 30.3 Å². The molecular weight excluding hydrogens is 336 g/mol. The first kappa shape index (κ1) is 15.8. The van der Waals surface area contributed by atoms with E-state index in [9.17, 15) is 5.11 Å². The van der Waals surface area contributed by atoms with Gasteiger partial charge in [0.25, 0.3) is 0 Å². The third-order valence-corrected chi connectivity index (χ3v) is 5.30. The molecule has 5 rings (SSSR count). The first-order valence-corrected chi connectivity index (χ1v) is 8.83. The Bertz CT molecular complexity index is 820. The number of hydrogen-bond donors (Lipinski definition) is 1. The molecule has 1 fully saturated rings. The van der Waals surface area contributed by atoms with Gasteiger partial charge in [-0.15, -0.1) is 0 Å². The summed E-state index contributed by atoms with van der Waals surface area (Å²) in [6.45, 7) is 1.09. The van der Waals surface area contributed by atoms with Crippen LogP contribution in [0.3, 0.4) is 0 Å². The number of benzene rings is 2. The Morgan fingerprint density at radius 2 is 1.35 bits per heavy atom. The normalized spacial score (nSPS) is 25.7. The van der Waals surface area contributed by atoms with Crippen molar-refractivity contribution in [2.45, 2.75) is 19.1 Å². The highest BCUT2D eigenvalue weighted by Gasteiger charge is 2.36. The Balaban J connectivity index is 1.32. The summed E-state index contributed by atoms with van der Waals surface area (Å²) in [6, 6.07) is 11.9. The van der Waals surface area contributed by atoms with Crippen molar-refractivity contribution in [3.63, 3.8) is 0 Å². The van der Waals surface area contributed by atoms with Crippen molar-refractivity contribution in [1.82, 2.24) is 0 Å². The average molecular weight is 356 g/mol. The van der Waals surface area contributed by atoms with Crippen LogP contribution in [0.15, 0.2) is 36.4 Å². The number of aliphatic hydroxyl groups is 1. The minimum Gasteiger partial charge on any atom is -0.454 e. The van der Waals surface area contributed by atoms with Gasteiger partial charge >= 0.3 is 0 Å². The van der Waals surface area contributed by atoms with Crippen molar-refractivity contribution >= 4 is 0 Å². The summed E-state index contributed by atoms with van der Waals surface area (Å²) in [4.78, 5) is 0. The molecule has 26 heavy (non-hydrogen) atoms. The molecular formula is C20H20O6. The van der Waals surface area contributed by atoms with Crippen LogP contribution in [0, 0.1) is 11.8 Å². The van der Waals surface area contributed by atoms with Crippen molar-refractivity contribution < 1.29 is 28.8 Å². The third kappa shape index (κ3) is 2.85. The van der Waals surface area contributed by atoms with Crippen molar-refractivity contribution in [1.29, 1.82) is 0 Å². The molecule has 3 heterocycles. The SMILES string of the molecule is O[C@@H]1OC[C@@H](Cc2ccc3c(c2)OCO3)[C@@H]1Cc1ccc2c(c1)OCO2. The van der Waals surface area contributed by atoms with Gasteiger partial charge in [0.15, 0.2) is 29.3 Å². The van der Waals surface area contributed by atoms with Gasteiger partial charge in [-0.1, -0.05) is 12.1 Å². The van der Waals surface area contributed by atoms with Gasteiger partial charge in [0.1, 0.15) is 0 Å². The van der Waals surface area contributed by atoms with Crippen LogP contribution >= 0.6 is 0 Å². The van der Waals surface area contributed by atoms with E-state index in [2.05, 4.69) is 6.07 Å². The molecule has 0 aliphatic carbocycles. The van der Waals surface area contributed by atoms with E-state index >= 15 is 0 Å². The zero-order valence-corrected chi connectivity index (χ0v) is 14.2. The topological polar surface area (TPSA) is 66.4 Å². The van der Waals surface area contributed by atoms with E-state index in [0.29, 0.717) is 6.61 Å². The van der Waals surface area contributed by atoms with Crippen LogP contribution in [0.1, 0.15) is 11.1 Å². The highest BCUT2D eigenvalue weighted by atomic mass is 16.7. The van der Waals surface area contributed by atoms with Gasteiger partial charge in [-0.3, -0.25) is 0 Å². The second-order valence-corrected chi connectivity index (χ2v) is 6.93. The van der Waals surface area contributed by atoms with Gasteiger partial charge in [0.2, 0.25) is 13.6 Å². The molecule has 0 aromatic heterocycles. The fourth-order valence-corrected chi connectivity index (χ4v) is 3.89. The molecule has 0 radical (unpaired) electrons. The van der Waals surface area contributed by atoms with Crippen LogP contribution in [-0.4, -0.2) is 31.6 Å². The molecule has 3 aliphatic heterocycles. The van der Waals surface area contributed by atoms with Gasteiger partial charge in [0.05, 0.1) is 6.61 Å². The fraction of sp³-hybridized carbons (Fsp3) is 0.400. The molecule has 2 aromatic rings. The number of rotatable bonds is 4. The fourth-order valence-electron chi connectivity index (χ4n) is 3.89. The van der Waals surface area contributed by atoms with Crippen LogP contribution in [0.25, 0.3) is 0 Å². The van der Waals surface area contributed by atoms with Crippen molar-refractivity contribution in [2.24, 2.45) is 11.8 Å². The zero-order chi connectivity index (χ0) is 17.5. The summed E-state index contributed by atoms with van der Waals surface area (Å²) in [6.07, 6.45) is 0.801. The lowest BCUT2D eigenvalue weighted by Crippen LogP contribution is -2.24. The van der Waals surface area contributed by atoms with E-state index in [1.165, 1.54) is 0 Å². The number of aliphatic hydroxyl groups excluding tert-OH is 1. The molecule has 0 bridgehead atoms. The van der Waals surface area contributed by atoms with E-state index < -0.39 is 6.29 Å². The molecule has 1 N–H and O–H groups in total. The van der Waals surface area contributed by atoms with Gasteiger partial charge in [-0.25, -0.2) is 0 Å². The highest BCUT2D eigenvalue weighted by molar-refractivity contribution is 5.45. The van der Waals surface area contributed by atoms with Crippen LogP contribution in [0.2, 0.25) is 0 Å². The lowest BCUT2D eigenvalue weighted by atomic mass is 9.84. The lowest BCUT2D eigenvalue weighted by molar-refractivity contribution is -0.0820. The van der Waals surface area contributed by atoms with E-state index in [4.69, 9.17) is 23.7 Å². The molecule has 136 valence electrons. The zero-order valence-electron chi connectivity index (χ0n) is 14.2.